The molecule has 1 fully saturated rings. The summed E-state index contributed by atoms with van der Waals surface area (Å²) in [4.78, 5) is 18.7. The van der Waals surface area contributed by atoms with Gasteiger partial charge in [-0.2, -0.15) is 8.99 Å². The molecule has 0 saturated carbocycles. The van der Waals surface area contributed by atoms with E-state index in [1.54, 1.807) is 29.2 Å². The number of hydrogen-bond donors (Lipinski definition) is 0. The van der Waals surface area contributed by atoms with E-state index in [2.05, 4.69) is 20.5 Å². The molecule has 1 aliphatic heterocycles. The normalized spacial score (nSPS) is 15.4. The minimum Gasteiger partial charge on any atom is -0.336 e. The lowest BCUT2D eigenvalue weighted by molar-refractivity contribution is 0.0697. The molecule has 4 rings (SSSR count). The maximum Gasteiger partial charge on any atom is 0.256 e. The number of carbonyl (C=O) groups is 1. The smallest absolute Gasteiger partial charge is 0.256 e. The van der Waals surface area contributed by atoms with Gasteiger partial charge in [0.05, 0.1) is 11.3 Å². The Bertz CT molecular complexity index is 1120. The predicted molar refractivity (Wildman–Crippen MR) is 103 cm³/mol. The monoisotopic (exact) mass is 433 g/mol. The molecule has 10 nitrogen and oxygen atoms in total. The van der Waals surface area contributed by atoms with E-state index in [1.165, 1.54) is 33.8 Å². The van der Waals surface area contributed by atoms with Crippen LogP contribution < -0.4 is 0 Å². The molecule has 0 bridgehead atoms. The summed E-state index contributed by atoms with van der Waals surface area (Å²) in [5, 5.41) is 11.4. The Kier molecular flexibility index (Phi) is 5.26. The average molecular weight is 434 g/mol. The number of nitrogens with zero attached hydrogens (tertiary/aromatic N) is 7. The quantitative estimate of drug-likeness (QED) is 0.599. The van der Waals surface area contributed by atoms with Gasteiger partial charge in [-0.05, 0) is 40.8 Å². The Labute approximate surface area is 171 Å². The predicted octanol–water partition coefficient (Wildman–Crippen LogP) is 0.857. The maximum absolute atomic E-state index is 13.1. The Morgan fingerprint density at radius 3 is 2.55 bits per heavy atom. The number of carbonyl (C=O) groups excluding carboxylic acids is 1. The summed E-state index contributed by atoms with van der Waals surface area (Å²) >= 11 is 6.09. The van der Waals surface area contributed by atoms with Gasteiger partial charge in [0.25, 0.3) is 5.91 Å². The molecular weight excluding hydrogens is 418 g/mol. The van der Waals surface area contributed by atoms with Gasteiger partial charge in [-0.15, -0.1) is 5.10 Å². The highest BCUT2D eigenvalue weighted by molar-refractivity contribution is 7.89. The third-order valence-corrected chi connectivity index (χ3v) is 6.70. The maximum atomic E-state index is 13.1. The van der Waals surface area contributed by atoms with Gasteiger partial charge >= 0.3 is 0 Å². The lowest BCUT2D eigenvalue weighted by Crippen LogP contribution is -2.50. The van der Waals surface area contributed by atoms with Crippen molar-refractivity contribution in [2.75, 3.05) is 26.2 Å². The van der Waals surface area contributed by atoms with Crippen LogP contribution in [-0.4, -0.2) is 74.9 Å². The lowest BCUT2D eigenvalue weighted by Gasteiger charge is -2.34. The molecule has 12 heteroatoms. The van der Waals surface area contributed by atoms with Gasteiger partial charge in [0.2, 0.25) is 10.0 Å². The zero-order valence-corrected chi connectivity index (χ0v) is 16.7. The number of sulfonamides is 1. The largest absolute Gasteiger partial charge is 0.336 e. The highest BCUT2D eigenvalue weighted by Crippen LogP contribution is 2.22. The molecule has 0 unspecified atom stereocenters. The number of aromatic nitrogens is 5. The fourth-order valence-electron chi connectivity index (χ4n) is 3.10. The Morgan fingerprint density at radius 1 is 1.10 bits per heavy atom. The van der Waals surface area contributed by atoms with Crippen LogP contribution in [0.5, 0.6) is 0 Å². The molecule has 3 heterocycles. The SMILES string of the molecule is O=C(c1cc(Cl)ccc1-n1cnnn1)N1CCN(S(=O)(=O)c2cccnc2)CC1. The number of amides is 1. The van der Waals surface area contributed by atoms with Crippen LogP contribution in [0.4, 0.5) is 0 Å². The third kappa shape index (κ3) is 3.84. The van der Waals surface area contributed by atoms with Crippen LogP contribution in [0.25, 0.3) is 5.69 Å². The van der Waals surface area contributed by atoms with Crippen LogP contribution in [0.3, 0.4) is 0 Å². The number of halogens is 1. The molecule has 3 aromatic rings. The Balaban J connectivity index is 1.53. The first-order valence-electron chi connectivity index (χ1n) is 8.69. The number of pyridine rings is 1. The molecule has 1 amide bonds. The summed E-state index contributed by atoms with van der Waals surface area (Å²) < 4.78 is 28.2. The van der Waals surface area contributed by atoms with Crippen molar-refractivity contribution in [3.8, 4) is 5.69 Å². The molecule has 150 valence electrons. The average Bonchev–Trinajstić information content (AvgIpc) is 3.28. The number of rotatable bonds is 4. The van der Waals surface area contributed by atoms with Gasteiger partial charge in [-0.25, -0.2) is 8.42 Å². The van der Waals surface area contributed by atoms with Crippen molar-refractivity contribution >= 4 is 27.5 Å². The topological polar surface area (TPSA) is 114 Å². The van der Waals surface area contributed by atoms with Gasteiger partial charge in [0, 0.05) is 43.6 Å². The van der Waals surface area contributed by atoms with Crippen LogP contribution in [0.15, 0.2) is 53.9 Å². The zero-order valence-electron chi connectivity index (χ0n) is 15.1. The van der Waals surface area contributed by atoms with E-state index in [0.717, 1.165) is 0 Å². The van der Waals surface area contributed by atoms with Gasteiger partial charge in [-0.1, -0.05) is 11.6 Å². The molecule has 0 radical (unpaired) electrons. The number of hydrogen-bond acceptors (Lipinski definition) is 7. The van der Waals surface area contributed by atoms with E-state index in [1.807, 2.05) is 0 Å². The van der Waals surface area contributed by atoms with E-state index >= 15 is 0 Å². The van der Waals surface area contributed by atoms with Crippen LogP contribution in [-0.2, 0) is 10.0 Å². The first kappa shape index (κ1) is 19.4. The molecule has 29 heavy (non-hydrogen) atoms. The third-order valence-electron chi connectivity index (χ3n) is 4.58. The Morgan fingerprint density at radius 2 is 1.90 bits per heavy atom. The molecule has 1 saturated heterocycles. The van der Waals surface area contributed by atoms with Crippen molar-refractivity contribution in [1.29, 1.82) is 0 Å². The Hall–Kier alpha value is -2.89. The summed E-state index contributed by atoms with van der Waals surface area (Å²) in [6.45, 7) is 0.868. The van der Waals surface area contributed by atoms with E-state index in [0.29, 0.717) is 16.3 Å². The minimum atomic E-state index is -3.65. The van der Waals surface area contributed by atoms with Crippen molar-refractivity contribution in [2.45, 2.75) is 4.90 Å². The fourth-order valence-corrected chi connectivity index (χ4v) is 4.66. The highest BCUT2D eigenvalue weighted by atomic mass is 35.5. The fraction of sp³-hybridized carbons (Fsp3) is 0.235. The van der Waals surface area contributed by atoms with Gasteiger partial charge in [-0.3, -0.25) is 9.78 Å². The molecule has 0 atom stereocenters. The van der Waals surface area contributed by atoms with Crippen molar-refractivity contribution < 1.29 is 13.2 Å². The van der Waals surface area contributed by atoms with Gasteiger partial charge in [0.15, 0.2) is 0 Å². The highest BCUT2D eigenvalue weighted by Gasteiger charge is 2.31. The van der Waals surface area contributed by atoms with Crippen molar-refractivity contribution in [2.24, 2.45) is 0 Å². The summed E-state index contributed by atoms with van der Waals surface area (Å²) in [6.07, 6.45) is 4.22. The molecule has 2 aromatic heterocycles. The second kappa shape index (κ2) is 7.85. The van der Waals surface area contributed by atoms with E-state index in [9.17, 15) is 13.2 Å². The molecule has 1 aliphatic rings. The van der Waals surface area contributed by atoms with Crippen molar-refractivity contribution in [3.63, 3.8) is 0 Å². The summed E-state index contributed by atoms with van der Waals surface area (Å²) in [5.74, 6) is -0.267. The summed E-state index contributed by atoms with van der Waals surface area (Å²) in [6, 6.07) is 7.94. The second-order valence-corrected chi connectivity index (χ2v) is 8.68. The molecule has 0 N–H and O–H groups in total. The minimum absolute atomic E-state index is 0.135. The van der Waals surface area contributed by atoms with Crippen LogP contribution in [0.1, 0.15) is 10.4 Å². The number of benzene rings is 1. The molecule has 1 aromatic carbocycles. The molecule has 0 spiro atoms. The summed E-state index contributed by atoms with van der Waals surface area (Å²) in [7, 11) is -3.65. The molecular formula is C17H16ClN7O3S. The second-order valence-electron chi connectivity index (χ2n) is 6.30. The zero-order chi connectivity index (χ0) is 20.4. The van der Waals surface area contributed by atoms with E-state index in [4.69, 9.17) is 11.6 Å². The van der Waals surface area contributed by atoms with Gasteiger partial charge in [0.1, 0.15) is 11.2 Å². The number of tetrazole rings is 1. The van der Waals surface area contributed by atoms with Crippen molar-refractivity contribution in [1.82, 2.24) is 34.4 Å². The first-order valence-corrected chi connectivity index (χ1v) is 10.5. The van der Waals surface area contributed by atoms with Crippen LogP contribution >= 0.6 is 11.6 Å². The van der Waals surface area contributed by atoms with Crippen LogP contribution in [0.2, 0.25) is 5.02 Å². The van der Waals surface area contributed by atoms with Gasteiger partial charge < -0.3 is 4.90 Å². The van der Waals surface area contributed by atoms with Crippen molar-refractivity contribution in [3.05, 3.63) is 59.6 Å². The standard InChI is InChI=1S/C17H16ClN7O3S/c18-13-3-4-16(25-12-20-21-22-25)15(10-13)17(26)23-6-8-24(9-7-23)29(27,28)14-2-1-5-19-11-14/h1-5,10-12H,6-9H2. The lowest BCUT2D eigenvalue weighted by atomic mass is 10.1. The molecule has 0 aliphatic carbocycles. The van der Waals surface area contributed by atoms with E-state index < -0.39 is 10.0 Å². The first-order chi connectivity index (χ1) is 14.0. The van der Waals surface area contributed by atoms with Crippen LogP contribution in [0, 0.1) is 0 Å². The van der Waals surface area contributed by atoms with E-state index in [-0.39, 0.29) is 37.0 Å². The summed E-state index contributed by atoms with van der Waals surface area (Å²) in [5.41, 5.74) is 0.836. The number of piperazine rings is 1.